The molecule has 1 aromatic heterocycles. The van der Waals surface area contributed by atoms with Crippen LogP contribution in [0.25, 0.3) is 0 Å². The van der Waals surface area contributed by atoms with Crippen LogP contribution in [0.5, 0.6) is 0 Å². The van der Waals surface area contributed by atoms with E-state index >= 15 is 0 Å². The summed E-state index contributed by atoms with van der Waals surface area (Å²) in [6, 6.07) is 0. The molecular weight excluding hydrogens is 192 g/mol. The molecule has 0 aromatic carbocycles. The Hall–Kier alpha value is -0.410. The van der Waals surface area contributed by atoms with Gasteiger partial charge in [0.05, 0.1) is 10.7 Å². The normalized spacial score (nSPS) is 13.4. The van der Waals surface area contributed by atoms with Crippen molar-refractivity contribution in [1.29, 1.82) is 0 Å². The minimum Gasteiger partial charge on any atom is -0.321 e. The highest BCUT2D eigenvalue weighted by Gasteiger charge is 2.29. The predicted molar refractivity (Wildman–Crippen MR) is 62.8 cm³/mol. The van der Waals surface area contributed by atoms with E-state index in [9.17, 15) is 0 Å². The van der Waals surface area contributed by atoms with Gasteiger partial charge in [0.2, 0.25) is 0 Å². The SMILES string of the molecule is Cc1nc(C(C)(C)C)c(C(C)(C)N)s1. The molecule has 0 aliphatic carbocycles. The zero-order valence-electron chi connectivity index (χ0n) is 9.93. The number of nitrogens with two attached hydrogens (primary N) is 1. The first-order chi connectivity index (χ1) is 6.12. The molecule has 0 unspecified atom stereocenters. The molecule has 0 bridgehead atoms. The molecule has 0 radical (unpaired) electrons. The summed E-state index contributed by atoms with van der Waals surface area (Å²) >= 11 is 1.71. The smallest absolute Gasteiger partial charge is 0.0901 e. The van der Waals surface area contributed by atoms with Crippen LogP contribution in [0.3, 0.4) is 0 Å². The Morgan fingerprint density at radius 2 is 1.64 bits per heavy atom. The third-order valence-electron chi connectivity index (χ3n) is 2.03. The van der Waals surface area contributed by atoms with Gasteiger partial charge >= 0.3 is 0 Å². The van der Waals surface area contributed by atoms with Crippen LogP contribution in [0.4, 0.5) is 0 Å². The quantitative estimate of drug-likeness (QED) is 0.777. The van der Waals surface area contributed by atoms with E-state index in [2.05, 4.69) is 25.8 Å². The molecule has 0 aliphatic rings. The van der Waals surface area contributed by atoms with Crippen LogP contribution < -0.4 is 5.73 Å². The van der Waals surface area contributed by atoms with Gasteiger partial charge in [-0.15, -0.1) is 11.3 Å². The summed E-state index contributed by atoms with van der Waals surface area (Å²) in [6.07, 6.45) is 0. The lowest BCUT2D eigenvalue weighted by Gasteiger charge is -2.24. The number of hydrogen-bond acceptors (Lipinski definition) is 3. The predicted octanol–water partition coefficient (Wildman–Crippen LogP) is 2.94. The van der Waals surface area contributed by atoms with E-state index < -0.39 is 0 Å². The van der Waals surface area contributed by atoms with E-state index in [4.69, 9.17) is 5.73 Å². The van der Waals surface area contributed by atoms with Crippen molar-refractivity contribution in [2.75, 3.05) is 0 Å². The summed E-state index contributed by atoms with van der Waals surface area (Å²) in [5, 5.41) is 1.10. The van der Waals surface area contributed by atoms with Crippen LogP contribution in [-0.4, -0.2) is 4.98 Å². The Labute approximate surface area is 90.6 Å². The standard InChI is InChI=1S/C11H20N2S/c1-7-13-8(10(2,3)4)9(14-7)11(5,6)12/h12H2,1-6H3. The molecule has 80 valence electrons. The zero-order chi connectivity index (χ0) is 11.1. The van der Waals surface area contributed by atoms with Crippen molar-refractivity contribution in [2.45, 2.75) is 52.5 Å². The maximum atomic E-state index is 6.14. The summed E-state index contributed by atoms with van der Waals surface area (Å²) in [7, 11) is 0. The Morgan fingerprint density at radius 1 is 1.14 bits per heavy atom. The Bertz CT molecular complexity index is 295. The third-order valence-corrected chi connectivity index (χ3v) is 3.34. The van der Waals surface area contributed by atoms with Crippen LogP contribution in [0, 0.1) is 6.92 Å². The van der Waals surface area contributed by atoms with Crippen molar-refractivity contribution in [3.05, 3.63) is 15.6 Å². The van der Waals surface area contributed by atoms with Crippen molar-refractivity contribution < 1.29 is 0 Å². The molecule has 0 fully saturated rings. The fraction of sp³-hybridized carbons (Fsp3) is 0.727. The van der Waals surface area contributed by atoms with Gasteiger partial charge in [0.15, 0.2) is 0 Å². The highest BCUT2D eigenvalue weighted by molar-refractivity contribution is 7.11. The van der Waals surface area contributed by atoms with E-state index in [0.29, 0.717) is 0 Å². The maximum absolute atomic E-state index is 6.14. The van der Waals surface area contributed by atoms with Crippen molar-refractivity contribution in [3.8, 4) is 0 Å². The van der Waals surface area contributed by atoms with Gasteiger partial charge < -0.3 is 5.73 Å². The second-order valence-electron chi connectivity index (χ2n) is 5.38. The second kappa shape index (κ2) is 3.31. The zero-order valence-corrected chi connectivity index (χ0v) is 10.7. The van der Waals surface area contributed by atoms with Gasteiger partial charge in [-0.25, -0.2) is 4.98 Å². The van der Waals surface area contributed by atoms with E-state index in [-0.39, 0.29) is 11.0 Å². The lowest BCUT2D eigenvalue weighted by molar-refractivity contribution is 0.511. The van der Waals surface area contributed by atoms with Gasteiger partial charge in [0.25, 0.3) is 0 Å². The highest BCUT2D eigenvalue weighted by atomic mass is 32.1. The Morgan fingerprint density at radius 3 is 1.93 bits per heavy atom. The minimum absolute atomic E-state index is 0.0801. The Kier molecular flexibility index (Phi) is 2.76. The first kappa shape index (κ1) is 11.7. The summed E-state index contributed by atoms with van der Waals surface area (Å²) in [6.45, 7) is 12.6. The molecule has 0 aliphatic heterocycles. The number of rotatable bonds is 1. The number of aryl methyl sites for hydroxylation is 1. The largest absolute Gasteiger partial charge is 0.321 e. The molecule has 0 spiro atoms. The summed E-state index contributed by atoms with van der Waals surface area (Å²) in [5.74, 6) is 0. The number of nitrogens with zero attached hydrogens (tertiary/aromatic N) is 1. The molecule has 1 aromatic rings. The number of thiazole rings is 1. The van der Waals surface area contributed by atoms with E-state index in [1.807, 2.05) is 20.8 Å². The molecule has 14 heavy (non-hydrogen) atoms. The molecule has 0 saturated carbocycles. The second-order valence-corrected chi connectivity index (χ2v) is 6.59. The fourth-order valence-electron chi connectivity index (χ4n) is 1.37. The summed E-state index contributed by atoms with van der Waals surface area (Å²) in [5.41, 5.74) is 7.08. The van der Waals surface area contributed by atoms with Crippen LogP contribution in [0.15, 0.2) is 0 Å². The first-order valence-electron chi connectivity index (χ1n) is 4.89. The first-order valence-corrected chi connectivity index (χ1v) is 5.71. The number of hydrogen-bond donors (Lipinski definition) is 1. The van der Waals surface area contributed by atoms with Crippen molar-refractivity contribution >= 4 is 11.3 Å². The average Bonchev–Trinajstić information content (AvgIpc) is 2.27. The van der Waals surface area contributed by atoms with Crippen molar-refractivity contribution in [1.82, 2.24) is 4.98 Å². The van der Waals surface area contributed by atoms with Gasteiger partial charge in [0.1, 0.15) is 0 Å². The Balaban J connectivity index is 3.31. The summed E-state index contributed by atoms with van der Waals surface area (Å²) in [4.78, 5) is 5.80. The molecule has 2 N–H and O–H groups in total. The fourth-order valence-corrected chi connectivity index (χ4v) is 2.52. The van der Waals surface area contributed by atoms with Gasteiger partial charge in [-0.1, -0.05) is 20.8 Å². The molecule has 3 heteroatoms. The molecule has 0 atom stereocenters. The molecular formula is C11H20N2S. The van der Waals surface area contributed by atoms with Crippen molar-refractivity contribution in [2.24, 2.45) is 5.73 Å². The van der Waals surface area contributed by atoms with E-state index in [1.54, 1.807) is 11.3 Å². The molecule has 1 rings (SSSR count). The van der Waals surface area contributed by atoms with Crippen LogP contribution >= 0.6 is 11.3 Å². The molecule has 0 saturated heterocycles. The maximum Gasteiger partial charge on any atom is 0.0901 e. The number of aromatic nitrogens is 1. The lowest BCUT2D eigenvalue weighted by Crippen LogP contribution is -2.31. The molecule has 1 heterocycles. The van der Waals surface area contributed by atoms with Crippen LogP contribution in [0.2, 0.25) is 0 Å². The van der Waals surface area contributed by atoms with Gasteiger partial charge in [0, 0.05) is 15.8 Å². The van der Waals surface area contributed by atoms with E-state index in [0.717, 1.165) is 10.7 Å². The topological polar surface area (TPSA) is 38.9 Å². The van der Waals surface area contributed by atoms with Gasteiger partial charge in [-0.3, -0.25) is 0 Å². The summed E-state index contributed by atoms with van der Waals surface area (Å²) < 4.78 is 0. The molecule has 0 amide bonds. The minimum atomic E-state index is -0.283. The highest BCUT2D eigenvalue weighted by Crippen LogP contribution is 2.34. The average molecular weight is 212 g/mol. The van der Waals surface area contributed by atoms with Gasteiger partial charge in [-0.2, -0.15) is 0 Å². The monoisotopic (exact) mass is 212 g/mol. The van der Waals surface area contributed by atoms with E-state index in [1.165, 1.54) is 4.88 Å². The van der Waals surface area contributed by atoms with Crippen LogP contribution in [-0.2, 0) is 11.0 Å². The lowest BCUT2D eigenvalue weighted by atomic mass is 9.87. The van der Waals surface area contributed by atoms with Crippen LogP contribution in [0.1, 0.15) is 50.2 Å². The molecule has 2 nitrogen and oxygen atoms in total. The van der Waals surface area contributed by atoms with Crippen molar-refractivity contribution in [3.63, 3.8) is 0 Å². The van der Waals surface area contributed by atoms with Gasteiger partial charge in [-0.05, 0) is 20.8 Å². The third kappa shape index (κ3) is 2.34.